The second kappa shape index (κ2) is 10.7. The molecule has 1 N–H and O–H groups in total. The van der Waals surface area contributed by atoms with Crippen molar-refractivity contribution in [1.82, 2.24) is 25.3 Å². The molecule has 3 heterocycles. The third kappa shape index (κ3) is 5.18. The summed E-state index contributed by atoms with van der Waals surface area (Å²) in [5, 5.41) is 11.2. The van der Waals surface area contributed by atoms with Crippen LogP contribution < -0.4 is 15.0 Å². The Hall–Kier alpha value is -4.99. The summed E-state index contributed by atoms with van der Waals surface area (Å²) < 4.78 is 12.3. The van der Waals surface area contributed by atoms with Gasteiger partial charge in [0.25, 0.3) is 0 Å². The number of aromatic nitrogens is 4. The Morgan fingerprint density at radius 3 is 2.68 bits per heavy atom. The summed E-state index contributed by atoms with van der Waals surface area (Å²) in [5.41, 5.74) is 2.46. The highest BCUT2D eigenvalue weighted by Crippen LogP contribution is 2.31. The number of fused-ring (bicyclic) bond motifs is 1. The van der Waals surface area contributed by atoms with Crippen LogP contribution in [-0.4, -0.2) is 38.9 Å². The van der Waals surface area contributed by atoms with Crippen LogP contribution in [0.25, 0.3) is 11.0 Å². The zero-order chi connectivity index (χ0) is 25.6. The molecule has 0 bridgehead atoms. The lowest BCUT2D eigenvalue weighted by Crippen LogP contribution is -2.45. The van der Waals surface area contributed by atoms with Gasteiger partial charge < -0.3 is 14.5 Å². The van der Waals surface area contributed by atoms with Gasteiger partial charge in [-0.25, -0.2) is 4.68 Å². The molecule has 2 aromatic carbocycles. The van der Waals surface area contributed by atoms with E-state index in [1.165, 1.54) is 15.8 Å². The molecular formula is C27H24N6O4. The van der Waals surface area contributed by atoms with Crippen molar-refractivity contribution < 1.29 is 18.7 Å². The van der Waals surface area contributed by atoms with Crippen molar-refractivity contribution in [2.45, 2.75) is 19.1 Å². The van der Waals surface area contributed by atoms with Crippen LogP contribution in [0.2, 0.25) is 0 Å². The molecule has 2 amide bonds. The van der Waals surface area contributed by atoms with E-state index < -0.39 is 6.04 Å². The van der Waals surface area contributed by atoms with Crippen LogP contribution in [-0.2, 0) is 22.7 Å². The van der Waals surface area contributed by atoms with E-state index >= 15 is 0 Å². The number of nitrogens with zero attached hydrogens (tertiary/aromatic N) is 5. The summed E-state index contributed by atoms with van der Waals surface area (Å²) in [6, 6.07) is 20.3. The Labute approximate surface area is 212 Å². The first-order valence-corrected chi connectivity index (χ1v) is 11.6. The molecule has 0 radical (unpaired) electrons. The van der Waals surface area contributed by atoms with Gasteiger partial charge in [-0.3, -0.25) is 19.5 Å². The van der Waals surface area contributed by atoms with E-state index in [4.69, 9.17) is 9.15 Å². The van der Waals surface area contributed by atoms with E-state index in [2.05, 4.69) is 20.6 Å². The number of para-hydroxylation sites is 1. The van der Waals surface area contributed by atoms with Crippen LogP contribution in [0.4, 0.5) is 5.69 Å². The van der Waals surface area contributed by atoms with Gasteiger partial charge in [0.15, 0.2) is 0 Å². The predicted molar refractivity (Wildman–Crippen MR) is 136 cm³/mol. The number of ether oxygens (including phenoxy) is 1. The lowest BCUT2D eigenvalue weighted by molar-refractivity contribution is -0.127. The molecule has 5 rings (SSSR count). The molecule has 0 fully saturated rings. The summed E-state index contributed by atoms with van der Waals surface area (Å²) in [6.07, 6.45) is 4.71. The number of methoxy groups -OCH3 is 1. The largest absolute Gasteiger partial charge is 0.497 e. The van der Waals surface area contributed by atoms with Gasteiger partial charge in [-0.15, -0.1) is 5.10 Å². The number of nitrogens with one attached hydrogen (secondary N) is 1. The first kappa shape index (κ1) is 23.7. The Kier molecular flexibility index (Phi) is 6.89. The molecule has 1 atom stereocenters. The highest BCUT2D eigenvalue weighted by atomic mass is 16.5. The molecule has 10 heteroatoms. The molecule has 186 valence electrons. The van der Waals surface area contributed by atoms with Gasteiger partial charge >= 0.3 is 0 Å². The number of carbonyl (C=O) groups is 2. The third-order valence-electron chi connectivity index (χ3n) is 5.85. The van der Waals surface area contributed by atoms with Crippen LogP contribution in [0.1, 0.15) is 17.4 Å². The summed E-state index contributed by atoms with van der Waals surface area (Å²) in [4.78, 5) is 33.2. The minimum Gasteiger partial charge on any atom is -0.497 e. The topological polar surface area (TPSA) is 115 Å². The summed E-state index contributed by atoms with van der Waals surface area (Å²) >= 11 is 0. The maximum absolute atomic E-state index is 14.0. The molecule has 0 aliphatic carbocycles. The number of amides is 2. The molecular weight excluding hydrogens is 472 g/mol. The monoisotopic (exact) mass is 496 g/mol. The fraction of sp³-hybridized carbons (Fsp3) is 0.148. The lowest BCUT2D eigenvalue weighted by Gasteiger charge is -2.31. The van der Waals surface area contributed by atoms with Gasteiger partial charge in [-0.1, -0.05) is 23.4 Å². The number of pyridine rings is 1. The number of anilines is 1. The summed E-state index contributed by atoms with van der Waals surface area (Å²) in [5.74, 6) is 0.391. The number of carbonyl (C=O) groups excluding carboxylic acids is 2. The average Bonchev–Trinajstić information content (AvgIpc) is 3.61. The first-order valence-electron chi connectivity index (χ1n) is 11.6. The van der Waals surface area contributed by atoms with E-state index in [-0.39, 0.29) is 24.9 Å². The molecule has 0 saturated heterocycles. The van der Waals surface area contributed by atoms with E-state index in [0.717, 1.165) is 0 Å². The normalized spacial score (nSPS) is 11.7. The van der Waals surface area contributed by atoms with Crippen molar-refractivity contribution in [2.75, 3.05) is 12.0 Å². The van der Waals surface area contributed by atoms with Gasteiger partial charge in [0.1, 0.15) is 29.6 Å². The Morgan fingerprint density at radius 2 is 1.89 bits per heavy atom. The van der Waals surface area contributed by atoms with E-state index in [1.807, 2.05) is 24.3 Å². The minimum atomic E-state index is -1.01. The fourth-order valence-electron chi connectivity index (χ4n) is 4.08. The number of hydrogen-bond donors (Lipinski definition) is 1. The van der Waals surface area contributed by atoms with Gasteiger partial charge in [0.05, 0.1) is 25.4 Å². The van der Waals surface area contributed by atoms with Crippen LogP contribution in [0.5, 0.6) is 5.75 Å². The fourth-order valence-corrected chi connectivity index (χ4v) is 4.08. The zero-order valence-corrected chi connectivity index (χ0v) is 20.0. The molecule has 37 heavy (non-hydrogen) atoms. The van der Waals surface area contributed by atoms with Crippen molar-refractivity contribution in [3.63, 3.8) is 0 Å². The van der Waals surface area contributed by atoms with E-state index in [1.54, 1.807) is 68.0 Å². The molecule has 10 nitrogen and oxygen atoms in total. The van der Waals surface area contributed by atoms with Gasteiger partial charge in [0.2, 0.25) is 11.8 Å². The van der Waals surface area contributed by atoms with Crippen LogP contribution in [0.15, 0.2) is 95.9 Å². The second-order valence-corrected chi connectivity index (χ2v) is 8.18. The number of hydrogen-bond acceptors (Lipinski definition) is 7. The number of furan rings is 1. The lowest BCUT2D eigenvalue weighted by atomic mass is 10.0. The van der Waals surface area contributed by atoms with Crippen LogP contribution in [0, 0.1) is 0 Å². The molecule has 0 aliphatic rings. The van der Waals surface area contributed by atoms with Crippen LogP contribution in [0.3, 0.4) is 0 Å². The SMILES string of the molecule is COc1cccc(N(C(=O)Cn2nnc3ccccc32)C(C(=O)NCc2ccco2)c2ccncc2)c1. The first-order chi connectivity index (χ1) is 18.1. The molecule has 1 unspecified atom stereocenters. The number of rotatable bonds is 9. The maximum atomic E-state index is 14.0. The third-order valence-corrected chi connectivity index (χ3v) is 5.85. The van der Waals surface area contributed by atoms with Crippen molar-refractivity contribution in [3.05, 3.63) is 103 Å². The Morgan fingerprint density at radius 1 is 1.05 bits per heavy atom. The van der Waals surface area contributed by atoms with Gasteiger partial charge in [-0.2, -0.15) is 0 Å². The van der Waals surface area contributed by atoms with E-state index in [9.17, 15) is 9.59 Å². The summed E-state index contributed by atoms with van der Waals surface area (Å²) in [6.45, 7) is 0.0338. The predicted octanol–water partition coefficient (Wildman–Crippen LogP) is 3.52. The number of benzene rings is 2. The highest BCUT2D eigenvalue weighted by molar-refractivity contribution is 6.01. The minimum absolute atomic E-state index is 0.134. The van der Waals surface area contributed by atoms with Crippen molar-refractivity contribution >= 4 is 28.5 Å². The second-order valence-electron chi connectivity index (χ2n) is 8.18. The van der Waals surface area contributed by atoms with Crippen molar-refractivity contribution in [3.8, 4) is 5.75 Å². The smallest absolute Gasteiger partial charge is 0.249 e. The molecule has 5 aromatic rings. The van der Waals surface area contributed by atoms with Crippen molar-refractivity contribution in [2.24, 2.45) is 0 Å². The maximum Gasteiger partial charge on any atom is 0.249 e. The van der Waals surface area contributed by atoms with Gasteiger partial charge in [-0.05, 0) is 54.1 Å². The molecule has 0 aliphatic heterocycles. The van der Waals surface area contributed by atoms with Crippen molar-refractivity contribution in [1.29, 1.82) is 0 Å². The zero-order valence-electron chi connectivity index (χ0n) is 20.0. The highest BCUT2D eigenvalue weighted by Gasteiger charge is 2.33. The Bertz CT molecular complexity index is 1500. The average molecular weight is 497 g/mol. The Balaban J connectivity index is 1.55. The standard InChI is InChI=1S/C27H24N6O4/c1-36-21-7-4-6-20(16-21)33(25(34)18-32-24-10-3-2-9-23(24)30-31-32)26(19-11-13-28-14-12-19)27(35)29-17-22-8-5-15-37-22/h2-16,26H,17-18H2,1H3,(H,29,35). The molecule has 0 saturated carbocycles. The molecule has 3 aromatic heterocycles. The van der Waals surface area contributed by atoms with Gasteiger partial charge in [0, 0.05) is 24.1 Å². The van der Waals surface area contributed by atoms with E-state index in [0.29, 0.717) is 33.8 Å². The summed E-state index contributed by atoms with van der Waals surface area (Å²) in [7, 11) is 1.54. The van der Waals surface area contributed by atoms with Crippen LogP contribution >= 0.6 is 0 Å². The quantitative estimate of drug-likeness (QED) is 0.332. The molecule has 0 spiro atoms.